The lowest BCUT2D eigenvalue weighted by molar-refractivity contribution is 0.408. The number of pyridine rings is 1. The highest BCUT2D eigenvalue weighted by molar-refractivity contribution is 5.70. The number of H-pyrrole nitrogens is 1. The van der Waals surface area contributed by atoms with E-state index < -0.39 is 0 Å². The van der Waals surface area contributed by atoms with Crippen LogP contribution in [-0.4, -0.2) is 15.0 Å². The first-order valence-electron chi connectivity index (χ1n) is 6.21. The highest BCUT2D eigenvalue weighted by Gasteiger charge is 2.41. The highest BCUT2D eigenvalue weighted by Crippen LogP contribution is 2.52. The Hall–Kier alpha value is -1.38. The molecule has 0 saturated heterocycles. The lowest BCUT2D eigenvalue weighted by atomic mass is 9.88. The number of imidazole rings is 1. The molecule has 82 valence electrons. The molecule has 0 aromatic carbocycles. The van der Waals surface area contributed by atoms with Gasteiger partial charge in [-0.3, -0.25) is 0 Å². The van der Waals surface area contributed by atoms with Crippen LogP contribution >= 0.6 is 0 Å². The maximum atomic E-state index is 4.65. The smallest absolute Gasteiger partial charge is 0.177 e. The van der Waals surface area contributed by atoms with E-state index in [2.05, 4.69) is 21.0 Å². The zero-order chi connectivity index (χ0) is 10.5. The summed E-state index contributed by atoms with van der Waals surface area (Å²) in [5.74, 6) is 3.70. The number of aromatic amines is 1. The second kappa shape index (κ2) is 3.06. The summed E-state index contributed by atoms with van der Waals surface area (Å²) < 4.78 is 0. The van der Waals surface area contributed by atoms with Gasteiger partial charge >= 0.3 is 0 Å². The molecule has 1 N–H and O–H groups in total. The monoisotopic (exact) mass is 213 g/mol. The summed E-state index contributed by atoms with van der Waals surface area (Å²) in [6.45, 7) is 0. The first kappa shape index (κ1) is 8.74. The van der Waals surface area contributed by atoms with E-state index in [1.54, 1.807) is 0 Å². The topological polar surface area (TPSA) is 41.6 Å². The summed E-state index contributed by atoms with van der Waals surface area (Å²) >= 11 is 0. The Morgan fingerprint density at radius 3 is 3.00 bits per heavy atom. The number of hydrogen-bond acceptors (Lipinski definition) is 2. The minimum atomic E-state index is 0.674. The summed E-state index contributed by atoms with van der Waals surface area (Å²) in [6.07, 6.45) is 7.42. The summed E-state index contributed by atoms with van der Waals surface area (Å²) in [6, 6.07) is 4.02. The molecule has 2 saturated carbocycles. The van der Waals surface area contributed by atoms with Gasteiger partial charge in [-0.1, -0.05) is 6.42 Å². The number of aromatic nitrogens is 3. The van der Waals surface area contributed by atoms with Crippen LogP contribution in [0.2, 0.25) is 0 Å². The van der Waals surface area contributed by atoms with Crippen molar-refractivity contribution in [3.8, 4) is 0 Å². The molecule has 2 fully saturated rings. The quantitative estimate of drug-likeness (QED) is 0.791. The van der Waals surface area contributed by atoms with Crippen LogP contribution in [0.3, 0.4) is 0 Å². The average molecular weight is 213 g/mol. The third kappa shape index (κ3) is 1.14. The molecule has 2 bridgehead atoms. The van der Waals surface area contributed by atoms with Crippen LogP contribution in [0, 0.1) is 11.8 Å². The van der Waals surface area contributed by atoms with Gasteiger partial charge in [0.1, 0.15) is 5.82 Å². The van der Waals surface area contributed by atoms with Gasteiger partial charge in [0.05, 0.1) is 5.52 Å². The minimum Gasteiger partial charge on any atom is -0.340 e. The molecule has 4 rings (SSSR count). The van der Waals surface area contributed by atoms with Crippen molar-refractivity contribution in [2.45, 2.75) is 31.6 Å². The van der Waals surface area contributed by atoms with Gasteiger partial charge in [-0.25, -0.2) is 9.97 Å². The zero-order valence-electron chi connectivity index (χ0n) is 9.19. The molecule has 3 unspecified atom stereocenters. The number of fused-ring (bicyclic) bond motifs is 3. The molecule has 0 amide bonds. The number of rotatable bonds is 1. The Morgan fingerprint density at radius 1 is 1.25 bits per heavy atom. The molecule has 0 aliphatic heterocycles. The summed E-state index contributed by atoms with van der Waals surface area (Å²) in [7, 11) is 0. The number of nitrogens with zero attached hydrogens (tertiary/aromatic N) is 2. The fourth-order valence-electron chi connectivity index (χ4n) is 3.62. The van der Waals surface area contributed by atoms with Gasteiger partial charge in [-0.2, -0.15) is 0 Å². The van der Waals surface area contributed by atoms with E-state index in [-0.39, 0.29) is 0 Å². The Morgan fingerprint density at radius 2 is 2.25 bits per heavy atom. The van der Waals surface area contributed by atoms with Crippen LogP contribution in [0.25, 0.3) is 11.2 Å². The number of nitrogens with one attached hydrogen (secondary N) is 1. The predicted octanol–water partition coefficient (Wildman–Crippen LogP) is 2.86. The highest BCUT2D eigenvalue weighted by atomic mass is 15.0. The van der Waals surface area contributed by atoms with Gasteiger partial charge in [0, 0.05) is 12.1 Å². The van der Waals surface area contributed by atoms with Crippen molar-refractivity contribution in [2.75, 3.05) is 0 Å². The third-order valence-corrected chi connectivity index (χ3v) is 4.37. The molecule has 3 atom stereocenters. The van der Waals surface area contributed by atoms with Crippen molar-refractivity contribution in [3.63, 3.8) is 0 Å². The molecule has 2 aromatic heterocycles. The Bertz CT molecular complexity index is 498. The van der Waals surface area contributed by atoms with Crippen LogP contribution in [0.5, 0.6) is 0 Å². The van der Waals surface area contributed by atoms with E-state index in [0.717, 1.165) is 23.0 Å². The summed E-state index contributed by atoms with van der Waals surface area (Å²) in [4.78, 5) is 12.4. The number of hydrogen-bond donors (Lipinski definition) is 1. The van der Waals surface area contributed by atoms with Crippen LogP contribution < -0.4 is 0 Å². The molecule has 0 spiro atoms. The van der Waals surface area contributed by atoms with Gasteiger partial charge in [-0.05, 0) is 43.2 Å². The van der Waals surface area contributed by atoms with Crippen molar-refractivity contribution < 1.29 is 0 Å². The van der Waals surface area contributed by atoms with Gasteiger partial charge < -0.3 is 4.98 Å². The minimum absolute atomic E-state index is 0.674. The lowest BCUT2D eigenvalue weighted by Crippen LogP contribution is -2.09. The molecule has 3 heteroatoms. The largest absolute Gasteiger partial charge is 0.340 e. The molecular formula is C13H15N3. The van der Waals surface area contributed by atoms with Gasteiger partial charge in [-0.15, -0.1) is 0 Å². The van der Waals surface area contributed by atoms with Gasteiger partial charge in [0.2, 0.25) is 0 Å². The molecular weight excluding hydrogens is 198 g/mol. The lowest BCUT2D eigenvalue weighted by Gasteiger charge is -2.18. The Kier molecular flexibility index (Phi) is 1.67. The van der Waals surface area contributed by atoms with E-state index >= 15 is 0 Å². The fourth-order valence-corrected chi connectivity index (χ4v) is 3.62. The molecule has 3 nitrogen and oxygen atoms in total. The normalized spacial score (nSPS) is 32.6. The Labute approximate surface area is 94.3 Å². The molecule has 2 aliphatic carbocycles. The van der Waals surface area contributed by atoms with E-state index in [0.29, 0.717) is 5.92 Å². The average Bonchev–Trinajstić information content (AvgIpc) is 3.02. The van der Waals surface area contributed by atoms with Crippen LogP contribution in [0.4, 0.5) is 0 Å². The zero-order valence-corrected chi connectivity index (χ0v) is 9.19. The van der Waals surface area contributed by atoms with E-state index in [1.807, 2.05) is 12.3 Å². The van der Waals surface area contributed by atoms with E-state index in [9.17, 15) is 0 Å². The van der Waals surface area contributed by atoms with Crippen LogP contribution in [0.15, 0.2) is 18.3 Å². The molecule has 2 aliphatic rings. The maximum absolute atomic E-state index is 4.65. The maximum Gasteiger partial charge on any atom is 0.177 e. The Balaban J connectivity index is 1.76. The van der Waals surface area contributed by atoms with Crippen LogP contribution in [0.1, 0.15) is 37.4 Å². The van der Waals surface area contributed by atoms with E-state index in [1.165, 1.54) is 31.5 Å². The van der Waals surface area contributed by atoms with E-state index in [4.69, 9.17) is 0 Å². The van der Waals surface area contributed by atoms with Crippen LogP contribution in [-0.2, 0) is 0 Å². The fraction of sp³-hybridized carbons (Fsp3) is 0.538. The predicted molar refractivity (Wildman–Crippen MR) is 62.1 cm³/mol. The molecule has 16 heavy (non-hydrogen) atoms. The van der Waals surface area contributed by atoms with Crippen molar-refractivity contribution in [1.29, 1.82) is 0 Å². The van der Waals surface area contributed by atoms with Crippen molar-refractivity contribution in [1.82, 2.24) is 15.0 Å². The van der Waals surface area contributed by atoms with Gasteiger partial charge in [0.25, 0.3) is 0 Å². The second-order valence-electron chi connectivity index (χ2n) is 5.28. The second-order valence-corrected chi connectivity index (χ2v) is 5.28. The summed E-state index contributed by atoms with van der Waals surface area (Å²) in [5, 5.41) is 0. The third-order valence-electron chi connectivity index (χ3n) is 4.37. The van der Waals surface area contributed by atoms with Crippen molar-refractivity contribution >= 4 is 11.2 Å². The summed E-state index contributed by atoms with van der Waals surface area (Å²) in [5.41, 5.74) is 1.96. The standard InChI is InChI=1S/C13H15N3/c1-2-11-13(14-5-1)16-12(15-11)10-7-8-3-4-9(10)6-8/h1-2,5,8-10H,3-4,6-7H2,(H,14,15,16). The first-order valence-corrected chi connectivity index (χ1v) is 6.21. The molecule has 2 aromatic rings. The SMILES string of the molecule is c1cnc2nc(C3CC4CCC3C4)[nH]c2c1. The molecule has 0 radical (unpaired) electrons. The van der Waals surface area contributed by atoms with Crippen molar-refractivity contribution in [2.24, 2.45) is 11.8 Å². The molecule has 2 heterocycles. The first-order chi connectivity index (χ1) is 7.90. The van der Waals surface area contributed by atoms with Crippen molar-refractivity contribution in [3.05, 3.63) is 24.2 Å². The van der Waals surface area contributed by atoms with Gasteiger partial charge in [0.15, 0.2) is 5.65 Å².